The van der Waals surface area contributed by atoms with Crippen molar-refractivity contribution >= 4 is 102 Å². The van der Waals surface area contributed by atoms with Gasteiger partial charge in [0.1, 0.15) is 0 Å². The lowest BCUT2D eigenvalue weighted by molar-refractivity contribution is -0.440. The Morgan fingerprint density at radius 3 is 0.613 bits per heavy atom. The summed E-state index contributed by atoms with van der Waals surface area (Å²) in [5, 5.41) is 0. The van der Waals surface area contributed by atoms with Gasteiger partial charge in [0.2, 0.25) is 0 Å². The van der Waals surface area contributed by atoms with Crippen molar-refractivity contribution < 1.29 is 114 Å². The minimum absolute atomic E-state index is 0.0679. The zero-order valence-corrected chi connectivity index (χ0v) is 84.4. The minimum atomic E-state index is -8.22. The topological polar surface area (TPSA) is 0 Å². The van der Waals surface area contributed by atoms with E-state index in [-0.39, 0.29) is 19.5 Å². The highest BCUT2D eigenvalue weighted by atomic mass is 32.1. The Morgan fingerprint density at radius 1 is 0.182 bits per heavy atom. The van der Waals surface area contributed by atoms with E-state index in [4.69, 9.17) is 0 Å². The number of unbranched alkanes of at least 4 members (excludes halogenated alkanes) is 20. The summed E-state index contributed by atoms with van der Waals surface area (Å²) in [5.74, 6) is -77.3. The van der Waals surface area contributed by atoms with Gasteiger partial charge in [0.15, 0.2) is 0 Å². The second kappa shape index (κ2) is 47.6. The fourth-order valence-electron chi connectivity index (χ4n) is 16.5. The lowest BCUT2D eigenvalue weighted by Crippen LogP contribution is -2.70. The first-order chi connectivity index (χ1) is 64.3. The molecule has 0 fully saturated rings. The van der Waals surface area contributed by atoms with Gasteiger partial charge in [-0.15, -0.1) is 102 Å². The third kappa shape index (κ3) is 25.6. The molecule has 0 saturated heterocycles. The van der Waals surface area contributed by atoms with Gasteiger partial charge in [0.25, 0.3) is 0 Å². The number of alkyl halides is 26. The number of rotatable bonds is 53. The highest BCUT2D eigenvalue weighted by molar-refractivity contribution is 7.31. The maximum Gasteiger partial charge on any atom is 0.460 e. The molecule has 0 aliphatic heterocycles. The van der Waals surface area contributed by atoms with E-state index in [0.717, 1.165) is 28.2 Å². The summed E-state index contributed by atoms with van der Waals surface area (Å²) in [7, 11) is 0. The van der Waals surface area contributed by atoms with Crippen LogP contribution in [0.25, 0.3) is 89.2 Å². The van der Waals surface area contributed by atoms with E-state index in [1.54, 1.807) is 73.0 Å². The fraction of sp³-hybridized carbons (Fsp3) is 0.529. The molecule has 2 aromatic carbocycles. The van der Waals surface area contributed by atoms with Crippen LogP contribution in [0.5, 0.6) is 0 Å². The standard InChI is InChI=1S/C64H86S6.C38H26F26S3/c1-7-11-15-19-23-27-31-50-51(32-28-24-20-16-12-8-2)63(69-61(50)57-40-37-48(6)65-57)59-45-42-55(67-59)56-43-46-60(68-56)64-53(34-30-26-22-18-14-10-4)52(33-29-25-21-17-13-9-3)62(70-64)58-44-41-54(66-58)49-38-35-47(5)36-39-49;1-17-7-10-19(11-8-17)22-13-14-24(66-22)26-21(6-4-16-28(41,42)30(45,46)32(49,50)34(53,54)36(57,58)38(62,63)64)20(25(67-26)23-12-9-18(2)65-23)5-3-15-27(39,40)29(43,44)31(47,48)33(51,52)35(55,56)37(59,60)61/h35-46H,7-34H2,1-6H3;7-14H,3-6,15-16H2,1-2H3. The molecule has 0 radical (unpaired) electrons. The first kappa shape index (κ1) is 113. The summed E-state index contributed by atoms with van der Waals surface area (Å²) < 4.78 is 360. The summed E-state index contributed by atoms with van der Waals surface area (Å²) in [5.41, 5.74) is 9.65. The molecule has 0 bridgehead atoms. The van der Waals surface area contributed by atoms with Crippen LogP contribution in [0.1, 0.15) is 262 Å². The van der Waals surface area contributed by atoms with Crippen molar-refractivity contribution in [3.8, 4) is 89.2 Å². The van der Waals surface area contributed by atoms with E-state index in [2.05, 4.69) is 160 Å². The Kier molecular flexibility index (Phi) is 39.2. The molecule has 35 heteroatoms. The number of benzene rings is 2. The van der Waals surface area contributed by atoms with E-state index in [9.17, 15) is 114 Å². The third-order valence-electron chi connectivity index (χ3n) is 24.5. The van der Waals surface area contributed by atoms with Crippen molar-refractivity contribution in [1.82, 2.24) is 0 Å². The predicted octanol–water partition coefficient (Wildman–Crippen LogP) is 41.9. The Morgan fingerprint density at radius 2 is 0.380 bits per heavy atom. The molecule has 137 heavy (non-hydrogen) atoms. The zero-order valence-electron chi connectivity index (χ0n) is 77.1. The van der Waals surface area contributed by atoms with Gasteiger partial charge in [0.05, 0.1) is 0 Å². The van der Waals surface area contributed by atoms with Crippen LogP contribution in [0.4, 0.5) is 114 Å². The Balaban J connectivity index is 0.000000283. The average molecular weight is 2120 g/mol. The van der Waals surface area contributed by atoms with Crippen molar-refractivity contribution in [3.63, 3.8) is 0 Å². The van der Waals surface area contributed by atoms with E-state index < -0.39 is 121 Å². The van der Waals surface area contributed by atoms with Crippen LogP contribution < -0.4 is 0 Å². The molecule has 756 valence electrons. The van der Waals surface area contributed by atoms with E-state index >= 15 is 0 Å². The normalized spacial score (nSPS) is 13.3. The molecule has 0 aliphatic rings. The van der Waals surface area contributed by atoms with Crippen molar-refractivity contribution in [2.75, 3.05) is 0 Å². The Hall–Kier alpha value is -6.08. The molecule has 11 rings (SSSR count). The second-order valence-electron chi connectivity index (χ2n) is 35.1. The quantitative estimate of drug-likeness (QED) is 0.0263. The maximum atomic E-state index is 14.9. The zero-order chi connectivity index (χ0) is 101. The summed E-state index contributed by atoms with van der Waals surface area (Å²) in [6.07, 6.45) is 10.5. The monoisotopic (exact) mass is 2120 g/mol. The molecule has 11 aromatic rings. The van der Waals surface area contributed by atoms with E-state index in [1.165, 1.54) is 261 Å². The second-order valence-corrected chi connectivity index (χ2v) is 45.1. The number of hydrogen-bond donors (Lipinski definition) is 0. The first-order valence-electron chi connectivity index (χ1n) is 46.4. The summed E-state index contributed by atoms with van der Waals surface area (Å²) in [4.78, 5) is 18.5. The molecule has 0 N–H and O–H groups in total. The fourth-order valence-corrected chi connectivity index (χ4v) is 27.3. The van der Waals surface area contributed by atoms with Crippen LogP contribution >= 0.6 is 102 Å². The molecule has 9 aromatic heterocycles. The predicted molar refractivity (Wildman–Crippen MR) is 517 cm³/mol. The van der Waals surface area contributed by atoms with Crippen LogP contribution in [0.2, 0.25) is 0 Å². The van der Waals surface area contributed by atoms with Gasteiger partial charge in [0, 0.05) is 101 Å². The number of hydrogen-bond acceptors (Lipinski definition) is 9. The van der Waals surface area contributed by atoms with Crippen LogP contribution in [0, 0.1) is 27.7 Å². The summed E-state index contributed by atoms with van der Waals surface area (Å²) in [6.45, 7) is 17.0. The lowest BCUT2D eigenvalue weighted by atomic mass is 9.89. The highest BCUT2D eigenvalue weighted by Gasteiger charge is 2.92. The number of thiophene rings is 9. The van der Waals surface area contributed by atoms with Crippen LogP contribution in [0.15, 0.2) is 121 Å². The molecule has 0 atom stereocenters. The van der Waals surface area contributed by atoms with Crippen molar-refractivity contribution in [3.05, 3.63) is 176 Å². The van der Waals surface area contributed by atoms with Crippen LogP contribution in [-0.4, -0.2) is 71.6 Å². The van der Waals surface area contributed by atoms with Gasteiger partial charge >= 0.3 is 71.6 Å². The molecule has 9 heterocycles. The summed E-state index contributed by atoms with van der Waals surface area (Å²) in [6, 6.07) is 40.5. The molecule has 0 nitrogen and oxygen atoms in total. The molecule has 0 unspecified atom stereocenters. The molecule has 0 spiro atoms. The van der Waals surface area contributed by atoms with Gasteiger partial charge in [-0.2, -0.15) is 114 Å². The lowest BCUT2D eigenvalue weighted by Gasteiger charge is -2.39. The first-order valence-corrected chi connectivity index (χ1v) is 53.7. The Bertz CT molecular complexity index is 5590. The average Bonchev–Trinajstić information content (AvgIpc) is 0.982. The molecule has 0 aliphatic carbocycles. The SMILES string of the molecule is CCCCCCCCc1c(-c2ccc(C)s2)sc(-c2ccc(-c3ccc(-c4sc(-c5ccc(-c6ccc(C)cc6)s5)c(CCCCCCCC)c4CCCCCCCC)s3)s2)c1CCCCCCCC.Cc1ccc(-c2ccc(-c3sc(-c4ccc(C)s4)c(CCCC(F)(F)C(F)(F)C(F)(F)C(F)(F)C(F)(F)C(F)(F)F)c3CCCC(F)(F)C(F)(F)C(F)(F)C(F)(F)C(F)(F)C(F)(F)F)s2)cc1. The smallest absolute Gasteiger partial charge is 0.200 e. The minimum Gasteiger partial charge on any atom is -0.200 e. The van der Waals surface area contributed by atoms with E-state index in [0.29, 0.717) is 26.7 Å². The summed E-state index contributed by atoms with van der Waals surface area (Å²) >= 11 is 14.7. The Labute approximate surface area is 820 Å². The van der Waals surface area contributed by atoms with Gasteiger partial charge in [-0.3, -0.25) is 0 Å². The van der Waals surface area contributed by atoms with Crippen molar-refractivity contribution in [2.45, 2.75) is 345 Å². The van der Waals surface area contributed by atoms with Crippen LogP contribution in [0.3, 0.4) is 0 Å². The van der Waals surface area contributed by atoms with Gasteiger partial charge in [-0.25, -0.2) is 0 Å². The number of aryl methyl sites for hydroxylation is 4. The molecular formula is C102H112F26S9. The van der Waals surface area contributed by atoms with Gasteiger partial charge < -0.3 is 0 Å². The largest absolute Gasteiger partial charge is 0.460 e. The third-order valence-corrected chi connectivity index (χ3v) is 36.0. The van der Waals surface area contributed by atoms with Crippen molar-refractivity contribution in [2.24, 2.45) is 0 Å². The highest BCUT2D eigenvalue weighted by Crippen LogP contribution is 2.65. The molecule has 0 amide bonds. The number of halogens is 26. The van der Waals surface area contributed by atoms with Gasteiger partial charge in [-0.05, 0) is 222 Å². The van der Waals surface area contributed by atoms with E-state index in [1.807, 2.05) is 22.7 Å². The molecular weight excluding hydrogens is 2010 g/mol. The molecule has 0 saturated carbocycles. The van der Waals surface area contributed by atoms with Crippen LogP contribution in [-0.2, 0) is 38.5 Å². The maximum absolute atomic E-state index is 14.9. The van der Waals surface area contributed by atoms with Crippen molar-refractivity contribution in [1.29, 1.82) is 0 Å². The van der Waals surface area contributed by atoms with Gasteiger partial charge in [-0.1, -0.05) is 216 Å².